The van der Waals surface area contributed by atoms with Crippen molar-refractivity contribution in [2.24, 2.45) is 0 Å². The summed E-state index contributed by atoms with van der Waals surface area (Å²) in [6.07, 6.45) is 0. The highest BCUT2D eigenvalue weighted by atomic mass is 32.1. The van der Waals surface area contributed by atoms with Gasteiger partial charge in [0.1, 0.15) is 0 Å². The topological polar surface area (TPSA) is 40.5 Å². The van der Waals surface area contributed by atoms with Gasteiger partial charge >= 0.3 is 5.97 Å². The van der Waals surface area contributed by atoms with Crippen LogP contribution in [-0.2, 0) is 16.8 Å². The van der Waals surface area contributed by atoms with E-state index in [1.165, 1.54) is 9.75 Å². The van der Waals surface area contributed by atoms with E-state index in [2.05, 4.69) is 32.9 Å². The normalized spacial score (nSPS) is 12.1. The van der Waals surface area contributed by atoms with Crippen molar-refractivity contribution in [1.82, 2.24) is 4.90 Å². The number of carboxylic acid groups (broad SMARTS) is 1. The predicted octanol–water partition coefficient (Wildman–Crippen LogP) is 2.95. The van der Waals surface area contributed by atoms with E-state index in [1.807, 2.05) is 11.8 Å². The third-order valence-electron chi connectivity index (χ3n) is 2.59. The number of thiophene rings is 1. The molecule has 0 saturated carbocycles. The van der Waals surface area contributed by atoms with Crippen LogP contribution >= 0.6 is 11.3 Å². The molecule has 1 rings (SSSR count). The van der Waals surface area contributed by atoms with E-state index in [4.69, 9.17) is 5.11 Å². The predicted molar refractivity (Wildman–Crippen MR) is 71.6 cm³/mol. The Labute approximate surface area is 107 Å². The van der Waals surface area contributed by atoms with E-state index in [0.29, 0.717) is 0 Å². The summed E-state index contributed by atoms with van der Waals surface area (Å²) in [4.78, 5) is 15.2. The quantitative estimate of drug-likeness (QED) is 0.879. The molecule has 0 aliphatic rings. The van der Waals surface area contributed by atoms with E-state index >= 15 is 0 Å². The van der Waals surface area contributed by atoms with Gasteiger partial charge in [-0.15, -0.1) is 11.3 Å². The van der Waals surface area contributed by atoms with Crippen LogP contribution in [-0.4, -0.2) is 29.1 Å². The van der Waals surface area contributed by atoms with Crippen LogP contribution in [0.25, 0.3) is 0 Å². The average Bonchev–Trinajstić information content (AvgIpc) is 2.63. The molecule has 0 amide bonds. The van der Waals surface area contributed by atoms with Gasteiger partial charge in [-0.05, 0) is 24.1 Å². The number of aliphatic carboxylic acids is 1. The number of hydrogen-bond acceptors (Lipinski definition) is 3. The number of likely N-dealkylation sites (N-methyl/N-ethyl adjacent to an activating group) is 1. The van der Waals surface area contributed by atoms with Crippen LogP contribution in [0.4, 0.5) is 0 Å². The van der Waals surface area contributed by atoms with Gasteiger partial charge in [-0.1, -0.05) is 27.7 Å². The zero-order chi connectivity index (χ0) is 13.1. The van der Waals surface area contributed by atoms with E-state index in [9.17, 15) is 4.79 Å². The Kier molecular flexibility index (Phi) is 4.71. The molecule has 1 aromatic heterocycles. The minimum Gasteiger partial charge on any atom is -0.480 e. The van der Waals surface area contributed by atoms with Crippen molar-refractivity contribution in [3.63, 3.8) is 0 Å². The van der Waals surface area contributed by atoms with E-state index in [0.717, 1.165) is 13.1 Å². The number of nitrogens with zero attached hydrogens (tertiary/aromatic N) is 1. The van der Waals surface area contributed by atoms with Crippen LogP contribution in [0.15, 0.2) is 12.1 Å². The molecule has 17 heavy (non-hydrogen) atoms. The lowest BCUT2D eigenvalue weighted by Crippen LogP contribution is -2.28. The van der Waals surface area contributed by atoms with Crippen molar-refractivity contribution in [3.05, 3.63) is 21.9 Å². The minimum atomic E-state index is -0.764. The minimum absolute atomic E-state index is 0.110. The Morgan fingerprint density at radius 3 is 2.47 bits per heavy atom. The van der Waals surface area contributed by atoms with Crippen molar-refractivity contribution in [2.45, 2.75) is 39.7 Å². The summed E-state index contributed by atoms with van der Waals surface area (Å²) in [7, 11) is 0. The van der Waals surface area contributed by atoms with Crippen LogP contribution < -0.4 is 0 Å². The van der Waals surface area contributed by atoms with Crippen molar-refractivity contribution < 1.29 is 9.90 Å². The second-order valence-corrected chi connectivity index (χ2v) is 6.38. The first-order chi connectivity index (χ1) is 7.82. The number of hydrogen-bond donors (Lipinski definition) is 1. The van der Waals surface area contributed by atoms with Gasteiger partial charge in [0.2, 0.25) is 0 Å². The molecule has 96 valence electrons. The fourth-order valence-corrected chi connectivity index (χ4v) is 2.67. The fraction of sp³-hybridized carbons (Fsp3) is 0.615. The summed E-state index contributed by atoms with van der Waals surface area (Å²) >= 11 is 1.78. The maximum atomic E-state index is 10.7. The van der Waals surface area contributed by atoms with Crippen molar-refractivity contribution >= 4 is 17.3 Å². The van der Waals surface area contributed by atoms with Gasteiger partial charge in [0.05, 0.1) is 6.54 Å². The van der Waals surface area contributed by atoms with Crippen molar-refractivity contribution in [1.29, 1.82) is 0 Å². The highest BCUT2D eigenvalue weighted by Crippen LogP contribution is 2.29. The molecular weight excluding hydrogens is 234 g/mol. The monoisotopic (exact) mass is 255 g/mol. The second-order valence-electron chi connectivity index (χ2n) is 5.21. The molecule has 0 aromatic carbocycles. The van der Waals surface area contributed by atoms with Crippen LogP contribution in [0.1, 0.15) is 37.4 Å². The highest BCUT2D eigenvalue weighted by Gasteiger charge is 2.17. The Bertz CT molecular complexity index is 379. The molecule has 4 heteroatoms. The lowest BCUT2D eigenvalue weighted by molar-refractivity contribution is -0.138. The molecule has 0 fully saturated rings. The summed E-state index contributed by atoms with van der Waals surface area (Å²) in [6, 6.07) is 4.25. The SMILES string of the molecule is CCN(CC(=O)O)Cc1ccc(C(C)(C)C)s1. The van der Waals surface area contributed by atoms with Gasteiger partial charge in [0.15, 0.2) is 0 Å². The first-order valence-electron chi connectivity index (χ1n) is 5.86. The molecule has 0 atom stereocenters. The molecule has 1 N–H and O–H groups in total. The molecule has 0 aliphatic carbocycles. The maximum Gasteiger partial charge on any atom is 0.317 e. The molecule has 3 nitrogen and oxygen atoms in total. The van der Waals surface area contributed by atoms with Crippen LogP contribution in [0.2, 0.25) is 0 Å². The van der Waals surface area contributed by atoms with Gasteiger partial charge < -0.3 is 5.11 Å². The van der Waals surface area contributed by atoms with Crippen molar-refractivity contribution in [3.8, 4) is 0 Å². The summed E-state index contributed by atoms with van der Waals surface area (Å²) in [5, 5.41) is 8.79. The Hall–Kier alpha value is -0.870. The molecule has 0 unspecified atom stereocenters. The van der Waals surface area contributed by atoms with Gasteiger partial charge in [-0.25, -0.2) is 0 Å². The summed E-state index contributed by atoms with van der Waals surface area (Å²) in [5.74, 6) is -0.764. The average molecular weight is 255 g/mol. The fourth-order valence-electron chi connectivity index (χ4n) is 1.56. The molecule has 0 saturated heterocycles. The van der Waals surface area contributed by atoms with Crippen LogP contribution in [0.5, 0.6) is 0 Å². The number of carbonyl (C=O) groups is 1. The summed E-state index contributed by atoms with van der Waals surface area (Å²) in [6.45, 7) is 10.2. The Morgan fingerprint density at radius 1 is 1.41 bits per heavy atom. The highest BCUT2D eigenvalue weighted by molar-refractivity contribution is 7.12. The third kappa shape index (κ3) is 4.48. The second kappa shape index (κ2) is 5.65. The van der Waals surface area contributed by atoms with Gasteiger partial charge in [-0.2, -0.15) is 0 Å². The first kappa shape index (κ1) is 14.2. The summed E-state index contributed by atoms with van der Waals surface area (Å²) < 4.78 is 0. The first-order valence-corrected chi connectivity index (χ1v) is 6.68. The molecule has 0 aliphatic heterocycles. The zero-order valence-corrected chi connectivity index (χ0v) is 11.8. The largest absolute Gasteiger partial charge is 0.480 e. The smallest absolute Gasteiger partial charge is 0.317 e. The number of carboxylic acids is 1. The lowest BCUT2D eigenvalue weighted by atomic mass is 9.95. The molecule has 1 aromatic rings. The molecule has 0 radical (unpaired) electrons. The molecule has 0 spiro atoms. The van der Waals surface area contributed by atoms with Gasteiger partial charge in [0, 0.05) is 16.3 Å². The van der Waals surface area contributed by atoms with Crippen LogP contribution in [0, 0.1) is 0 Å². The number of rotatable bonds is 5. The maximum absolute atomic E-state index is 10.7. The van der Waals surface area contributed by atoms with Crippen LogP contribution in [0.3, 0.4) is 0 Å². The molecule has 1 heterocycles. The van der Waals surface area contributed by atoms with E-state index < -0.39 is 5.97 Å². The van der Waals surface area contributed by atoms with Gasteiger partial charge in [-0.3, -0.25) is 9.69 Å². The van der Waals surface area contributed by atoms with Crippen molar-refractivity contribution in [2.75, 3.05) is 13.1 Å². The molecular formula is C13H21NO2S. The Balaban J connectivity index is 2.68. The Morgan fingerprint density at radius 2 is 2.06 bits per heavy atom. The van der Waals surface area contributed by atoms with E-state index in [-0.39, 0.29) is 12.0 Å². The standard InChI is InChI=1S/C13H21NO2S/c1-5-14(9-12(15)16)8-10-6-7-11(17-10)13(2,3)4/h6-7H,5,8-9H2,1-4H3,(H,15,16). The van der Waals surface area contributed by atoms with Gasteiger partial charge in [0.25, 0.3) is 0 Å². The zero-order valence-electron chi connectivity index (χ0n) is 11.0. The van der Waals surface area contributed by atoms with E-state index in [1.54, 1.807) is 11.3 Å². The third-order valence-corrected chi connectivity index (χ3v) is 4.08. The summed E-state index contributed by atoms with van der Waals surface area (Å²) in [5.41, 5.74) is 0.173. The molecule has 0 bridgehead atoms. The lowest BCUT2D eigenvalue weighted by Gasteiger charge is -2.17.